The van der Waals surface area contributed by atoms with Crippen LogP contribution in [0.1, 0.15) is 51.9 Å². The summed E-state index contributed by atoms with van der Waals surface area (Å²) in [6.07, 6.45) is 7.33. The van der Waals surface area contributed by atoms with Crippen LogP contribution in [0.25, 0.3) is 0 Å². The third-order valence-corrected chi connectivity index (χ3v) is 3.53. The van der Waals surface area contributed by atoms with Crippen molar-refractivity contribution >= 4 is 6.29 Å². The minimum Gasteiger partial charge on any atom is -0.392 e. The van der Waals surface area contributed by atoms with Gasteiger partial charge in [-0.05, 0) is 19.3 Å². The molecule has 1 rings (SSSR count). The minimum atomic E-state index is -0.621. The van der Waals surface area contributed by atoms with E-state index in [1.807, 2.05) is 0 Å². The Hall–Kier alpha value is -0.410. The van der Waals surface area contributed by atoms with Gasteiger partial charge in [0.2, 0.25) is 0 Å². The van der Waals surface area contributed by atoms with Gasteiger partial charge in [-0.15, -0.1) is 0 Å². The Kier molecular flexibility index (Phi) is 5.99. The molecule has 0 spiro atoms. The van der Waals surface area contributed by atoms with Crippen molar-refractivity contribution < 1.29 is 14.6 Å². The minimum absolute atomic E-state index is 0.390. The van der Waals surface area contributed by atoms with Gasteiger partial charge in [-0.1, -0.05) is 32.6 Å². The fraction of sp³-hybridized carbons (Fsp3) is 0.923. The monoisotopic (exact) mass is 228 g/mol. The molecule has 1 fully saturated rings. The van der Waals surface area contributed by atoms with Crippen molar-refractivity contribution in [1.82, 2.24) is 0 Å². The molecule has 3 heteroatoms. The number of unbranched alkanes of at least 4 members (excludes halogenated alkanes) is 2. The lowest BCUT2D eigenvalue weighted by Gasteiger charge is -2.36. The van der Waals surface area contributed by atoms with Crippen LogP contribution in [0.5, 0.6) is 0 Å². The highest BCUT2D eigenvalue weighted by Gasteiger charge is 2.40. The summed E-state index contributed by atoms with van der Waals surface area (Å²) < 4.78 is 5.55. The van der Waals surface area contributed by atoms with Crippen molar-refractivity contribution in [2.45, 2.75) is 58.0 Å². The van der Waals surface area contributed by atoms with Gasteiger partial charge in [-0.3, -0.25) is 0 Å². The first-order valence-corrected chi connectivity index (χ1v) is 6.47. The predicted octanol–water partition coefficient (Wildman–Crippen LogP) is 2.31. The van der Waals surface area contributed by atoms with Gasteiger partial charge in [0.05, 0.1) is 18.1 Å². The Morgan fingerprint density at radius 2 is 2.25 bits per heavy atom. The maximum Gasteiger partial charge on any atom is 0.131 e. The van der Waals surface area contributed by atoms with Crippen LogP contribution in [0.2, 0.25) is 0 Å². The average Bonchev–Trinajstić information content (AvgIpc) is 2.31. The van der Waals surface area contributed by atoms with E-state index < -0.39 is 11.5 Å². The second-order valence-corrected chi connectivity index (χ2v) is 4.87. The molecule has 0 radical (unpaired) electrons. The van der Waals surface area contributed by atoms with Crippen LogP contribution in [0.4, 0.5) is 0 Å². The molecule has 1 saturated carbocycles. The first-order valence-electron chi connectivity index (χ1n) is 6.47. The van der Waals surface area contributed by atoms with Crippen LogP contribution in [-0.2, 0) is 9.53 Å². The molecule has 1 N–H and O–H groups in total. The Labute approximate surface area is 98.2 Å². The lowest BCUT2D eigenvalue weighted by molar-refractivity contribution is -0.133. The summed E-state index contributed by atoms with van der Waals surface area (Å²) >= 11 is 0. The quantitative estimate of drug-likeness (QED) is 0.537. The van der Waals surface area contributed by atoms with Crippen molar-refractivity contribution in [3.05, 3.63) is 0 Å². The topological polar surface area (TPSA) is 46.5 Å². The highest BCUT2D eigenvalue weighted by atomic mass is 16.5. The van der Waals surface area contributed by atoms with Gasteiger partial charge in [0.25, 0.3) is 0 Å². The molecule has 2 atom stereocenters. The molecular formula is C13H24O3. The molecule has 0 saturated heterocycles. The molecule has 1 aliphatic carbocycles. The molecule has 16 heavy (non-hydrogen) atoms. The summed E-state index contributed by atoms with van der Waals surface area (Å²) in [7, 11) is 0. The molecule has 1 aliphatic rings. The number of carbonyl (C=O) groups is 1. The maximum absolute atomic E-state index is 11.2. The van der Waals surface area contributed by atoms with E-state index in [2.05, 4.69) is 6.92 Å². The number of aldehydes is 1. The van der Waals surface area contributed by atoms with Crippen LogP contribution < -0.4 is 0 Å². The molecule has 0 aromatic carbocycles. The van der Waals surface area contributed by atoms with E-state index in [4.69, 9.17) is 4.74 Å². The second-order valence-electron chi connectivity index (χ2n) is 4.87. The Bertz CT molecular complexity index is 205. The Morgan fingerprint density at radius 3 is 2.88 bits per heavy atom. The van der Waals surface area contributed by atoms with E-state index in [0.717, 1.165) is 44.8 Å². The van der Waals surface area contributed by atoms with Crippen LogP contribution in [0.3, 0.4) is 0 Å². The van der Waals surface area contributed by atoms with E-state index in [9.17, 15) is 9.90 Å². The van der Waals surface area contributed by atoms with Crippen LogP contribution in [-0.4, -0.2) is 30.7 Å². The van der Waals surface area contributed by atoms with Crippen molar-refractivity contribution in [2.75, 3.05) is 13.2 Å². The van der Waals surface area contributed by atoms with Gasteiger partial charge < -0.3 is 14.6 Å². The van der Waals surface area contributed by atoms with E-state index in [-0.39, 0.29) is 0 Å². The number of aliphatic hydroxyl groups excluding tert-OH is 1. The molecule has 0 aromatic heterocycles. The summed E-state index contributed by atoms with van der Waals surface area (Å²) in [5, 5.41) is 9.91. The van der Waals surface area contributed by atoms with Gasteiger partial charge >= 0.3 is 0 Å². The standard InChI is InChI=1S/C13H24O3/c1-2-3-6-9-16-11-13(10-14)8-5-4-7-12(13)15/h10,12,15H,2-9,11H2,1H3. The molecule has 0 aromatic rings. The number of ether oxygens (including phenoxy) is 1. The van der Waals surface area contributed by atoms with Gasteiger partial charge in [0.1, 0.15) is 6.29 Å². The summed E-state index contributed by atoms with van der Waals surface area (Å²) in [4.78, 5) is 11.2. The molecule has 0 aliphatic heterocycles. The van der Waals surface area contributed by atoms with Crippen molar-refractivity contribution in [3.8, 4) is 0 Å². The lowest BCUT2D eigenvalue weighted by atomic mass is 9.73. The van der Waals surface area contributed by atoms with Crippen LogP contribution in [0, 0.1) is 5.41 Å². The first-order chi connectivity index (χ1) is 7.75. The Morgan fingerprint density at radius 1 is 1.44 bits per heavy atom. The van der Waals surface area contributed by atoms with Crippen molar-refractivity contribution in [3.63, 3.8) is 0 Å². The molecule has 94 valence electrons. The number of aliphatic hydroxyl groups is 1. The average molecular weight is 228 g/mol. The maximum atomic E-state index is 11.2. The van der Waals surface area contributed by atoms with E-state index >= 15 is 0 Å². The number of rotatable bonds is 7. The zero-order chi connectivity index (χ0) is 11.9. The molecular weight excluding hydrogens is 204 g/mol. The highest BCUT2D eigenvalue weighted by molar-refractivity contribution is 5.61. The molecule has 0 bridgehead atoms. The lowest BCUT2D eigenvalue weighted by Crippen LogP contribution is -2.43. The number of hydrogen-bond acceptors (Lipinski definition) is 3. The number of carbonyl (C=O) groups excluding carboxylic acids is 1. The van der Waals surface area contributed by atoms with E-state index in [1.54, 1.807) is 0 Å². The van der Waals surface area contributed by atoms with E-state index in [1.165, 1.54) is 6.42 Å². The fourth-order valence-electron chi connectivity index (χ4n) is 2.30. The van der Waals surface area contributed by atoms with Crippen molar-refractivity contribution in [2.24, 2.45) is 5.41 Å². The SMILES string of the molecule is CCCCCOCC1(C=O)CCCCC1O. The fourth-order valence-corrected chi connectivity index (χ4v) is 2.30. The van der Waals surface area contributed by atoms with Crippen molar-refractivity contribution in [1.29, 1.82) is 0 Å². The number of hydrogen-bond donors (Lipinski definition) is 1. The van der Waals surface area contributed by atoms with Gasteiger partial charge in [0, 0.05) is 6.61 Å². The Balaban J connectivity index is 2.31. The second kappa shape index (κ2) is 7.02. The highest BCUT2D eigenvalue weighted by Crippen LogP contribution is 2.35. The third-order valence-electron chi connectivity index (χ3n) is 3.53. The zero-order valence-electron chi connectivity index (χ0n) is 10.3. The summed E-state index contributed by atoms with van der Waals surface area (Å²) in [6, 6.07) is 0. The normalized spacial score (nSPS) is 30.2. The van der Waals surface area contributed by atoms with Crippen LogP contribution >= 0.6 is 0 Å². The van der Waals surface area contributed by atoms with Gasteiger partial charge in [-0.2, -0.15) is 0 Å². The molecule has 3 nitrogen and oxygen atoms in total. The van der Waals surface area contributed by atoms with Gasteiger partial charge in [-0.25, -0.2) is 0 Å². The van der Waals surface area contributed by atoms with Gasteiger partial charge in [0.15, 0.2) is 0 Å². The molecule has 0 amide bonds. The van der Waals surface area contributed by atoms with E-state index in [0.29, 0.717) is 13.2 Å². The first kappa shape index (κ1) is 13.7. The summed E-state index contributed by atoms with van der Waals surface area (Å²) in [6.45, 7) is 3.25. The summed E-state index contributed by atoms with van der Waals surface area (Å²) in [5.41, 5.74) is -0.621. The largest absolute Gasteiger partial charge is 0.392 e. The molecule has 0 heterocycles. The van der Waals surface area contributed by atoms with Crippen LogP contribution in [0.15, 0.2) is 0 Å². The summed E-state index contributed by atoms with van der Waals surface area (Å²) in [5.74, 6) is 0. The third kappa shape index (κ3) is 3.56. The smallest absolute Gasteiger partial charge is 0.131 e. The molecule has 2 unspecified atom stereocenters. The predicted molar refractivity (Wildman–Crippen MR) is 63.3 cm³/mol. The zero-order valence-corrected chi connectivity index (χ0v) is 10.3.